The average molecular weight is 230 g/mol. The predicted octanol–water partition coefficient (Wildman–Crippen LogP) is 4.42. The highest BCUT2D eigenvalue weighted by Gasteiger charge is 2.36. The minimum Gasteiger partial charge on any atom is -0.508 e. The second kappa shape index (κ2) is 4.04. The quantitative estimate of drug-likeness (QED) is 0.699. The third-order valence-corrected chi connectivity index (χ3v) is 4.90. The van der Waals surface area contributed by atoms with Crippen molar-refractivity contribution in [2.45, 2.75) is 51.4 Å². The van der Waals surface area contributed by atoms with Crippen molar-refractivity contribution in [3.05, 3.63) is 29.3 Å². The molecule has 0 radical (unpaired) electrons. The van der Waals surface area contributed by atoms with E-state index in [1.807, 2.05) is 12.1 Å². The summed E-state index contributed by atoms with van der Waals surface area (Å²) in [5.74, 6) is 3.59. The first kappa shape index (κ1) is 11.1. The van der Waals surface area contributed by atoms with Gasteiger partial charge in [-0.1, -0.05) is 26.3 Å². The van der Waals surface area contributed by atoms with Crippen molar-refractivity contribution >= 4 is 0 Å². The SMILES string of the molecule is CC1CCC2c3ccc(O)cc3C(C)CC2C1. The minimum atomic E-state index is 0.429. The summed E-state index contributed by atoms with van der Waals surface area (Å²) >= 11 is 0. The van der Waals surface area contributed by atoms with E-state index in [1.165, 1.54) is 36.8 Å². The summed E-state index contributed by atoms with van der Waals surface area (Å²) in [6.45, 7) is 4.71. The number of hydrogen-bond donors (Lipinski definition) is 1. The lowest BCUT2D eigenvalue weighted by molar-refractivity contribution is 0.209. The molecule has 0 aliphatic heterocycles. The molecule has 1 fully saturated rings. The smallest absolute Gasteiger partial charge is 0.115 e. The van der Waals surface area contributed by atoms with Gasteiger partial charge in [0.25, 0.3) is 0 Å². The van der Waals surface area contributed by atoms with E-state index < -0.39 is 0 Å². The van der Waals surface area contributed by atoms with Gasteiger partial charge in [0.15, 0.2) is 0 Å². The van der Waals surface area contributed by atoms with Crippen molar-refractivity contribution in [3.8, 4) is 5.75 Å². The van der Waals surface area contributed by atoms with E-state index in [0.717, 1.165) is 17.8 Å². The van der Waals surface area contributed by atoms with Crippen LogP contribution in [-0.4, -0.2) is 5.11 Å². The Morgan fingerprint density at radius 2 is 1.88 bits per heavy atom. The Morgan fingerprint density at radius 3 is 2.71 bits per heavy atom. The van der Waals surface area contributed by atoms with Crippen LogP contribution < -0.4 is 0 Å². The van der Waals surface area contributed by atoms with Gasteiger partial charge in [-0.25, -0.2) is 0 Å². The molecule has 2 aliphatic carbocycles. The van der Waals surface area contributed by atoms with Crippen LogP contribution in [0.25, 0.3) is 0 Å². The van der Waals surface area contributed by atoms with E-state index in [-0.39, 0.29) is 0 Å². The Bertz CT molecular complexity index is 424. The van der Waals surface area contributed by atoms with Crippen molar-refractivity contribution in [2.75, 3.05) is 0 Å². The molecule has 0 heterocycles. The van der Waals surface area contributed by atoms with Crippen LogP contribution in [0.1, 0.15) is 62.5 Å². The Kier molecular flexibility index (Phi) is 2.65. The van der Waals surface area contributed by atoms with Crippen molar-refractivity contribution in [2.24, 2.45) is 11.8 Å². The minimum absolute atomic E-state index is 0.429. The Morgan fingerprint density at radius 1 is 1.06 bits per heavy atom. The van der Waals surface area contributed by atoms with Gasteiger partial charge in [0.05, 0.1) is 0 Å². The Labute approximate surface area is 104 Å². The molecule has 0 bridgehead atoms. The van der Waals surface area contributed by atoms with Crippen molar-refractivity contribution in [1.82, 2.24) is 0 Å². The first-order valence-corrected chi connectivity index (χ1v) is 6.98. The van der Waals surface area contributed by atoms with Gasteiger partial charge in [-0.2, -0.15) is 0 Å². The molecule has 1 aromatic rings. The second-order valence-corrected chi connectivity index (χ2v) is 6.23. The molecule has 0 aromatic heterocycles. The lowest BCUT2D eigenvalue weighted by Crippen LogP contribution is -2.28. The van der Waals surface area contributed by atoms with Gasteiger partial charge in [0, 0.05) is 0 Å². The monoisotopic (exact) mass is 230 g/mol. The zero-order chi connectivity index (χ0) is 12.0. The number of phenolic OH excluding ortho intramolecular Hbond substituents is 1. The molecule has 1 saturated carbocycles. The maximum atomic E-state index is 9.64. The van der Waals surface area contributed by atoms with Gasteiger partial charge in [-0.05, 0) is 66.2 Å². The molecule has 1 aromatic carbocycles. The highest BCUT2D eigenvalue weighted by Crippen LogP contribution is 2.50. The van der Waals surface area contributed by atoms with E-state index in [2.05, 4.69) is 19.9 Å². The third-order valence-electron chi connectivity index (χ3n) is 4.90. The maximum Gasteiger partial charge on any atom is 0.115 e. The normalized spacial score (nSPS) is 36.1. The molecule has 92 valence electrons. The first-order valence-electron chi connectivity index (χ1n) is 6.98. The van der Waals surface area contributed by atoms with Crippen LogP contribution >= 0.6 is 0 Å². The maximum absolute atomic E-state index is 9.64. The molecular formula is C16H22O. The van der Waals surface area contributed by atoms with Crippen LogP contribution in [0, 0.1) is 11.8 Å². The summed E-state index contributed by atoms with van der Waals surface area (Å²) in [6, 6.07) is 6.04. The predicted molar refractivity (Wildman–Crippen MR) is 70.4 cm³/mol. The number of hydrogen-bond acceptors (Lipinski definition) is 1. The van der Waals surface area contributed by atoms with Gasteiger partial charge in [-0.15, -0.1) is 0 Å². The van der Waals surface area contributed by atoms with E-state index in [0.29, 0.717) is 11.7 Å². The van der Waals surface area contributed by atoms with E-state index >= 15 is 0 Å². The highest BCUT2D eigenvalue weighted by atomic mass is 16.3. The zero-order valence-corrected chi connectivity index (χ0v) is 10.8. The molecule has 3 rings (SSSR count). The number of aromatic hydroxyl groups is 1. The first-order chi connectivity index (χ1) is 8.15. The van der Waals surface area contributed by atoms with E-state index in [4.69, 9.17) is 0 Å². The fourth-order valence-corrected chi connectivity index (χ4v) is 4.08. The lowest BCUT2D eigenvalue weighted by atomic mass is 9.63. The topological polar surface area (TPSA) is 20.2 Å². The fourth-order valence-electron chi connectivity index (χ4n) is 4.08. The van der Waals surface area contributed by atoms with E-state index in [9.17, 15) is 5.11 Å². The van der Waals surface area contributed by atoms with Crippen LogP contribution in [-0.2, 0) is 0 Å². The largest absolute Gasteiger partial charge is 0.508 e. The molecule has 4 unspecified atom stereocenters. The molecule has 4 atom stereocenters. The molecule has 17 heavy (non-hydrogen) atoms. The highest BCUT2D eigenvalue weighted by molar-refractivity contribution is 5.41. The number of phenols is 1. The molecule has 1 N–H and O–H groups in total. The molecule has 2 aliphatic rings. The van der Waals surface area contributed by atoms with Gasteiger partial charge >= 0.3 is 0 Å². The Balaban J connectivity index is 2.00. The summed E-state index contributed by atoms with van der Waals surface area (Å²) in [6.07, 6.45) is 5.42. The third kappa shape index (κ3) is 1.86. The second-order valence-electron chi connectivity index (χ2n) is 6.23. The van der Waals surface area contributed by atoms with Crippen LogP contribution in [0.15, 0.2) is 18.2 Å². The average Bonchev–Trinajstić information content (AvgIpc) is 2.29. The lowest BCUT2D eigenvalue weighted by Gasteiger charge is -2.42. The van der Waals surface area contributed by atoms with Crippen molar-refractivity contribution in [1.29, 1.82) is 0 Å². The molecule has 1 nitrogen and oxygen atoms in total. The molecular weight excluding hydrogens is 208 g/mol. The Hall–Kier alpha value is -0.980. The standard InChI is InChI=1S/C16H22O/c1-10-3-5-14-12(7-10)8-11(2)16-9-13(17)4-6-15(14)16/h4,6,9-12,14,17H,3,5,7-8H2,1-2H3. The fraction of sp³-hybridized carbons (Fsp3) is 0.625. The molecule has 0 amide bonds. The zero-order valence-electron chi connectivity index (χ0n) is 10.8. The number of fused-ring (bicyclic) bond motifs is 3. The van der Waals surface area contributed by atoms with Gasteiger partial charge in [0.1, 0.15) is 5.75 Å². The van der Waals surface area contributed by atoms with Gasteiger partial charge in [-0.3, -0.25) is 0 Å². The summed E-state index contributed by atoms with van der Waals surface area (Å²) in [4.78, 5) is 0. The van der Waals surface area contributed by atoms with Crippen LogP contribution in [0.5, 0.6) is 5.75 Å². The molecule has 0 saturated heterocycles. The number of benzene rings is 1. The van der Waals surface area contributed by atoms with Crippen molar-refractivity contribution in [3.63, 3.8) is 0 Å². The molecule has 1 heteroatoms. The van der Waals surface area contributed by atoms with Crippen LogP contribution in [0.4, 0.5) is 0 Å². The van der Waals surface area contributed by atoms with Gasteiger partial charge in [0.2, 0.25) is 0 Å². The van der Waals surface area contributed by atoms with Gasteiger partial charge < -0.3 is 5.11 Å². The number of rotatable bonds is 0. The summed E-state index contributed by atoms with van der Waals surface area (Å²) < 4.78 is 0. The summed E-state index contributed by atoms with van der Waals surface area (Å²) in [5, 5.41) is 9.64. The van der Waals surface area contributed by atoms with Crippen molar-refractivity contribution < 1.29 is 5.11 Å². The molecule has 0 spiro atoms. The van der Waals surface area contributed by atoms with Crippen LogP contribution in [0.2, 0.25) is 0 Å². The van der Waals surface area contributed by atoms with Crippen LogP contribution in [0.3, 0.4) is 0 Å². The summed E-state index contributed by atoms with van der Waals surface area (Å²) in [7, 11) is 0. The summed E-state index contributed by atoms with van der Waals surface area (Å²) in [5.41, 5.74) is 2.93. The van der Waals surface area contributed by atoms with E-state index in [1.54, 1.807) is 0 Å².